The molecule has 0 saturated heterocycles. The van der Waals surface area contributed by atoms with Crippen LogP contribution < -0.4 is 15.5 Å². The van der Waals surface area contributed by atoms with E-state index in [1.165, 1.54) is 23.1 Å². The van der Waals surface area contributed by atoms with Crippen molar-refractivity contribution in [1.82, 2.24) is 9.97 Å². The summed E-state index contributed by atoms with van der Waals surface area (Å²) < 4.78 is 10.3. The van der Waals surface area contributed by atoms with Gasteiger partial charge in [-0.25, -0.2) is 14.6 Å². The topological polar surface area (TPSA) is 111 Å². The quantitative estimate of drug-likeness (QED) is 0.846. The number of nitrogens with zero attached hydrogens (tertiary/aromatic N) is 4. The SMILES string of the molecule is COC(=O)N1c2ccc(-c3cnc(N)cn3)cc2N(C(=O)OC(C)C)CC1C. The number of rotatable bonds is 2. The van der Waals surface area contributed by atoms with Crippen LogP contribution in [0.15, 0.2) is 30.6 Å². The number of benzene rings is 1. The van der Waals surface area contributed by atoms with Crippen molar-refractivity contribution in [3.05, 3.63) is 30.6 Å². The van der Waals surface area contributed by atoms with Gasteiger partial charge in [-0.15, -0.1) is 0 Å². The Morgan fingerprint density at radius 3 is 2.54 bits per heavy atom. The second-order valence-electron chi connectivity index (χ2n) is 6.76. The second kappa shape index (κ2) is 7.71. The van der Waals surface area contributed by atoms with E-state index in [9.17, 15) is 9.59 Å². The molecule has 0 bridgehead atoms. The summed E-state index contributed by atoms with van der Waals surface area (Å²) in [5.41, 5.74) is 8.02. The molecule has 1 atom stereocenters. The van der Waals surface area contributed by atoms with Crippen LogP contribution in [0.1, 0.15) is 20.8 Å². The summed E-state index contributed by atoms with van der Waals surface area (Å²) in [4.78, 5) is 36.4. The minimum absolute atomic E-state index is 0.268. The van der Waals surface area contributed by atoms with Gasteiger partial charge in [-0.05, 0) is 32.9 Å². The average molecular weight is 385 g/mol. The fourth-order valence-electron chi connectivity index (χ4n) is 3.09. The van der Waals surface area contributed by atoms with E-state index in [0.717, 1.165) is 5.56 Å². The first-order chi connectivity index (χ1) is 13.3. The lowest BCUT2D eigenvalue weighted by Gasteiger charge is -2.40. The summed E-state index contributed by atoms with van der Waals surface area (Å²) in [7, 11) is 1.33. The Morgan fingerprint density at radius 1 is 1.18 bits per heavy atom. The van der Waals surface area contributed by atoms with Crippen LogP contribution in [-0.2, 0) is 9.47 Å². The Morgan fingerprint density at radius 2 is 1.93 bits per heavy atom. The normalized spacial score (nSPS) is 16.0. The number of nitrogens with two attached hydrogens (primary N) is 1. The van der Waals surface area contributed by atoms with Crippen molar-refractivity contribution in [2.24, 2.45) is 0 Å². The van der Waals surface area contributed by atoms with Gasteiger partial charge in [0.15, 0.2) is 0 Å². The van der Waals surface area contributed by atoms with Crippen molar-refractivity contribution in [2.45, 2.75) is 32.9 Å². The van der Waals surface area contributed by atoms with E-state index in [1.807, 2.05) is 6.92 Å². The van der Waals surface area contributed by atoms with Gasteiger partial charge in [-0.3, -0.25) is 14.8 Å². The molecular formula is C19H23N5O4. The Bertz CT molecular complexity index is 884. The van der Waals surface area contributed by atoms with Crippen LogP contribution in [0.3, 0.4) is 0 Å². The molecule has 0 fully saturated rings. The van der Waals surface area contributed by atoms with Gasteiger partial charge in [0.25, 0.3) is 0 Å². The average Bonchev–Trinajstić information content (AvgIpc) is 2.66. The number of anilines is 3. The number of carbonyl (C=O) groups excluding carboxylic acids is 2. The van der Waals surface area contributed by atoms with Crippen molar-refractivity contribution in [3.63, 3.8) is 0 Å². The van der Waals surface area contributed by atoms with Crippen LogP contribution in [-0.4, -0.2) is 48.0 Å². The predicted octanol–water partition coefficient (Wildman–Crippen LogP) is 3.05. The Balaban J connectivity index is 2.10. The van der Waals surface area contributed by atoms with E-state index in [4.69, 9.17) is 15.2 Å². The fourth-order valence-corrected chi connectivity index (χ4v) is 3.09. The van der Waals surface area contributed by atoms with E-state index >= 15 is 0 Å². The number of nitrogen functional groups attached to an aromatic ring is 1. The number of hydrogen-bond acceptors (Lipinski definition) is 7. The second-order valence-corrected chi connectivity index (χ2v) is 6.76. The van der Waals surface area contributed by atoms with E-state index in [0.29, 0.717) is 22.9 Å². The van der Waals surface area contributed by atoms with Crippen molar-refractivity contribution < 1.29 is 19.1 Å². The summed E-state index contributed by atoms with van der Waals surface area (Å²) in [5, 5.41) is 0. The van der Waals surface area contributed by atoms with Gasteiger partial charge in [-0.2, -0.15) is 0 Å². The van der Waals surface area contributed by atoms with Crippen LogP contribution >= 0.6 is 0 Å². The smallest absolute Gasteiger partial charge is 0.414 e. The molecule has 2 aromatic rings. The number of fused-ring (bicyclic) bond motifs is 1. The largest absolute Gasteiger partial charge is 0.452 e. The summed E-state index contributed by atoms with van der Waals surface area (Å²) >= 11 is 0. The molecule has 28 heavy (non-hydrogen) atoms. The van der Waals surface area contributed by atoms with Crippen LogP contribution in [0, 0.1) is 0 Å². The molecule has 1 aromatic carbocycles. The molecule has 2 N–H and O–H groups in total. The lowest BCUT2D eigenvalue weighted by molar-refractivity contribution is 0.121. The van der Waals surface area contributed by atoms with Crippen molar-refractivity contribution >= 4 is 29.4 Å². The lowest BCUT2D eigenvalue weighted by Crippen LogP contribution is -2.52. The van der Waals surface area contributed by atoms with Crippen LogP contribution in [0.2, 0.25) is 0 Å². The highest BCUT2D eigenvalue weighted by molar-refractivity contribution is 6.01. The van der Waals surface area contributed by atoms with Crippen molar-refractivity contribution in [1.29, 1.82) is 0 Å². The first-order valence-corrected chi connectivity index (χ1v) is 8.89. The minimum Gasteiger partial charge on any atom is -0.452 e. The van der Waals surface area contributed by atoms with Crippen molar-refractivity contribution in [2.75, 3.05) is 29.2 Å². The molecule has 2 amide bonds. The van der Waals surface area contributed by atoms with E-state index < -0.39 is 12.2 Å². The zero-order valence-electron chi connectivity index (χ0n) is 16.2. The number of aromatic nitrogens is 2. The maximum absolute atomic E-state index is 12.7. The zero-order chi connectivity index (χ0) is 20.4. The maximum atomic E-state index is 12.7. The monoisotopic (exact) mass is 385 g/mol. The molecule has 2 heterocycles. The van der Waals surface area contributed by atoms with Crippen LogP contribution in [0.25, 0.3) is 11.3 Å². The molecule has 9 heteroatoms. The minimum atomic E-state index is -0.495. The third kappa shape index (κ3) is 3.68. The Kier molecular flexibility index (Phi) is 5.34. The summed E-state index contributed by atoms with van der Waals surface area (Å²) in [6, 6.07) is 5.05. The summed E-state index contributed by atoms with van der Waals surface area (Å²) in [5.74, 6) is 0.314. The van der Waals surface area contributed by atoms with E-state index in [-0.39, 0.29) is 18.7 Å². The lowest BCUT2D eigenvalue weighted by atomic mass is 10.0. The Hall–Kier alpha value is -3.36. The first-order valence-electron chi connectivity index (χ1n) is 8.89. The van der Waals surface area contributed by atoms with E-state index in [1.54, 1.807) is 38.2 Å². The van der Waals surface area contributed by atoms with Gasteiger partial charge in [0.05, 0.1) is 55.3 Å². The van der Waals surface area contributed by atoms with E-state index in [2.05, 4.69) is 9.97 Å². The van der Waals surface area contributed by atoms with Crippen molar-refractivity contribution in [3.8, 4) is 11.3 Å². The highest BCUT2D eigenvalue weighted by atomic mass is 16.6. The molecule has 0 aliphatic carbocycles. The number of ether oxygens (including phenoxy) is 2. The number of amides is 2. The van der Waals surface area contributed by atoms with Gasteiger partial charge < -0.3 is 15.2 Å². The molecule has 0 saturated carbocycles. The molecule has 1 aliphatic rings. The maximum Gasteiger partial charge on any atom is 0.414 e. The highest BCUT2D eigenvalue weighted by Crippen LogP contribution is 2.39. The molecule has 1 aliphatic heterocycles. The van der Waals surface area contributed by atoms with Gasteiger partial charge >= 0.3 is 12.2 Å². The number of hydrogen-bond donors (Lipinski definition) is 1. The highest BCUT2D eigenvalue weighted by Gasteiger charge is 2.36. The molecular weight excluding hydrogens is 362 g/mol. The molecule has 9 nitrogen and oxygen atoms in total. The molecule has 3 rings (SSSR count). The van der Waals surface area contributed by atoms with Gasteiger partial charge in [-0.1, -0.05) is 6.07 Å². The molecule has 0 radical (unpaired) electrons. The fraction of sp³-hybridized carbons (Fsp3) is 0.368. The number of carbonyl (C=O) groups is 2. The van der Waals surface area contributed by atoms with Crippen LogP contribution in [0.4, 0.5) is 26.8 Å². The first kappa shape index (κ1) is 19.4. The standard InChI is InChI=1S/C19H23N5O4/c1-11(2)28-18(25)23-10-12(3)24(19(26)27-4)15-6-5-13(7-16(15)23)14-8-22-17(20)9-21-14/h5-9,11-12H,10H2,1-4H3,(H2,20,22). The van der Waals surface area contributed by atoms with Crippen LogP contribution in [0.5, 0.6) is 0 Å². The molecule has 148 valence electrons. The zero-order valence-corrected chi connectivity index (χ0v) is 16.2. The summed E-state index contributed by atoms with van der Waals surface area (Å²) in [6.07, 6.45) is 1.77. The van der Waals surface area contributed by atoms with Gasteiger partial charge in [0.2, 0.25) is 0 Å². The summed E-state index contributed by atoms with van der Waals surface area (Å²) in [6.45, 7) is 5.68. The number of methoxy groups -OCH3 is 1. The molecule has 0 spiro atoms. The molecule has 1 aromatic heterocycles. The van der Waals surface area contributed by atoms with Gasteiger partial charge in [0, 0.05) is 5.56 Å². The van der Waals surface area contributed by atoms with Gasteiger partial charge in [0.1, 0.15) is 5.82 Å². The third-order valence-electron chi connectivity index (χ3n) is 4.31. The Labute approximate surface area is 163 Å². The third-order valence-corrected chi connectivity index (χ3v) is 4.31. The molecule has 1 unspecified atom stereocenters. The predicted molar refractivity (Wildman–Crippen MR) is 105 cm³/mol.